The van der Waals surface area contributed by atoms with Gasteiger partial charge in [-0.3, -0.25) is 9.59 Å². The first kappa shape index (κ1) is 35.6. The number of esters is 1. The van der Waals surface area contributed by atoms with Crippen LogP contribution in [0.4, 0.5) is 10.5 Å². The highest BCUT2D eigenvalue weighted by Gasteiger charge is 2.32. The minimum atomic E-state index is -0.746. The van der Waals surface area contributed by atoms with E-state index in [1.165, 1.54) is 7.11 Å². The Morgan fingerprint density at radius 3 is 2.39 bits per heavy atom. The molecule has 12 heteroatoms. The summed E-state index contributed by atoms with van der Waals surface area (Å²) in [5, 5.41) is 10.7. The number of methoxy groups -OCH3 is 1. The van der Waals surface area contributed by atoms with Crippen molar-refractivity contribution in [2.45, 2.75) is 65.5 Å². The highest BCUT2D eigenvalue weighted by Crippen LogP contribution is 2.43. The summed E-state index contributed by atoms with van der Waals surface area (Å²) in [6.45, 7) is 8.73. The molecule has 51 heavy (non-hydrogen) atoms. The summed E-state index contributed by atoms with van der Waals surface area (Å²) in [6, 6.07) is 15.8. The molecule has 1 fully saturated rings. The number of amides is 3. The van der Waals surface area contributed by atoms with Crippen molar-refractivity contribution in [1.82, 2.24) is 15.6 Å². The third kappa shape index (κ3) is 8.23. The molecule has 3 N–H and O–H groups in total. The number of benzene rings is 2. The van der Waals surface area contributed by atoms with E-state index < -0.39 is 29.5 Å². The van der Waals surface area contributed by atoms with E-state index in [4.69, 9.17) is 14.2 Å². The number of fused-ring (bicyclic) bond motifs is 3. The fraction of sp³-hybridized carbons (Fsp3) is 0.359. The average Bonchev–Trinajstić information content (AvgIpc) is 3.49. The normalized spacial score (nSPS) is 14.4. The van der Waals surface area contributed by atoms with E-state index in [2.05, 4.69) is 33.9 Å². The largest absolute Gasteiger partial charge is 0.493 e. The van der Waals surface area contributed by atoms with Crippen molar-refractivity contribution in [2.75, 3.05) is 25.6 Å². The Balaban J connectivity index is 1.33. The summed E-state index contributed by atoms with van der Waals surface area (Å²) in [5.41, 5.74) is 3.64. The lowest BCUT2D eigenvalue weighted by atomic mass is 9.70. The number of thiophene rings is 1. The number of rotatable bonds is 9. The smallest absolute Gasteiger partial charge is 0.407 e. The molecule has 2 aliphatic rings. The Bertz CT molecular complexity index is 1980. The highest BCUT2D eigenvalue weighted by atomic mass is 32.1. The first-order valence-electron chi connectivity index (χ1n) is 17.0. The molecule has 1 aliphatic heterocycles. The van der Waals surface area contributed by atoms with Gasteiger partial charge in [0.25, 0.3) is 11.8 Å². The zero-order valence-electron chi connectivity index (χ0n) is 29.4. The number of nitrogens with one attached hydrogen (secondary N) is 3. The van der Waals surface area contributed by atoms with Gasteiger partial charge >= 0.3 is 12.1 Å². The second kappa shape index (κ2) is 14.6. The minimum Gasteiger partial charge on any atom is -0.493 e. The molecular formula is C39H42N4O7S. The second-order valence-corrected chi connectivity index (χ2v) is 15.1. The summed E-state index contributed by atoms with van der Waals surface area (Å²) in [7, 11) is 1.25. The summed E-state index contributed by atoms with van der Waals surface area (Å²) in [5.74, 6) is -1.00. The van der Waals surface area contributed by atoms with Crippen molar-refractivity contribution in [3.8, 4) is 27.3 Å². The lowest BCUT2D eigenvalue weighted by Gasteiger charge is -2.38. The Morgan fingerprint density at radius 1 is 0.941 bits per heavy atom. The summed E-state index contributed by atoms with van der Waals surface area (Å²) >= 11 is 1.57. The van der Waals surface area contributed by atoms with Gasteiger partial charge in [-0.15, -0.1) is 11.3 Å². The van der Waals surface area contributed by atoms with Crippen LogP contribution < -0.4 is 20.7 Å². The van der Waals surface area contributed by atoms with Crippen LogP contribution in [0.3, 0.4) is 0 Å². The van der Waals surface area contributed by atoms with E-state index in [0.717, 1.165) is 40.8 Å². The molecule has 0 saturated heterocycles. The van der Waals surface area contributed by atoms with Crippen LogP contribution in [0.25, 0.3) is 21.6 Å². The number of nitrogens with zero attached hydrogens (tertiary/aromatic N) is 1. The van der Waals surface area contributed by atoms with Crippen LogP contribution in [-0.2, 0) is 22.4 Å². The molecule has 2 aromatic heterocycles. The molecule has 0 radical (unpaired) electrons. The van der Waals surface area contributed by atoms with Gasteiger partial charge in [-0.25, -0.2) is 14.6 Å². The van der Waals surface area contributed by atoms with E-state index in [9.17, 15) is 19.2 Å². The number of carbonyl (C=O) groups excluding carboxylic acids is 4. The third-order valence-electron chi connectivity index (χ3n) is 9.07. The number of alkyl carbamates (subject to hydrolysis) is 1. The Labute approximate surface area is 301 Å². The SMILES string of the molecule is COC(=O)c1nc(C(=O)NCC2(C)CCC2)ccc1-c1cc2c(cc1C(=O)Nc1ccc(CNC(=O)OC(C)(C)C)cc1)-c1sccc1CCO2. The van der Waals surface area contributed by atoms with Crippen molar-refractivity contribution in [3.05, 3.63) is 88.1 Å². The number of aromatic nitrogens is 1. The van der Waals surface area contributed by atoms with Crippen LogP contribution in [0.2, 0.25) is 0 Å². The van der Waals surface area contributed by atoms with Gasteiger partial charge in [0.15, 0.2) is 5.69 Å². The minimum absolute atomic E-state index is 0.0601. The topological polar surface area (TPSA) is 145 Å². The molecule has 3 amide bonds. The van der Waals surface area contributed by atoms with Crippen molar-refractivity contribution in [2.24, 2.45) is 5.41 Å². The van der Waals surface area contributed by atoms with Gasteiger partial charge in [-0.1, -0.05) is 25.5 Å². The van der Waals surface area contributed by atoms with Gasteiger partial charge in [0.05, 0.1) is 13.7 Å². The average molecular weight is 711 g/mol. The molecule has 0 spiro atoms. The summed E-state index contributed by atoms with van der Waals surface area (Å²) < 4.78 is 16.6. The number of anilines is 1. The van der Waals surface area contributed by atoms with Gasteiger partial charge < -0.3 is 30.2 Å². The van der Waals surface area contributed by atoms with E-state index in [-0.39, 0.29) is 28.9 Å². The monoisotopic (exact) mass is 710 g/mol. The molecule has 11 nitrogen and oxygen atoms in total. The van der Waals surface area contributed by atoms with E-state index in [1.807, 2.05) is 5.38 Å². The Kier molecular flexibility index (Phi) is 10.2. The van der Waals surface area contributed by atoms with Crippen molar-refractivity contribution in [3.63, 3.8) is 0 Å². The van der Waals surface area contributed by atoms with Crippen LogP contribution in [0.5, 0.6) is 5.75 Å². The first-order valence-corrected chi connectivity index (χ1v) is 17.8. The molecule has 4 aromatic rings. The fourth-order valence-electron chi connectivity index (χ4n) is 6.12. The van der Waals surface area contributed by atoms with Crippen molar-refractivity contribution < 1.29 is 33.4 Å². The lowest BCUT2D eigenvalue weighted by Crippen LogP contribution is -2.40. The number of hydrogen-bond donors (Lipinski definition) is 3. The lowest BCUT2D eigenvalue weighted by molar-refractivity contribution is 0.0522. The van der Waals surface area contributed by atoms with Crippen LogP contribution in [0.15, 0.2) is 60.0 Å². The number of ether oxygens (including phenoxy) is 3. The standard InChI is InChI=1S/C39H42N4O7S/c1-38(2,3)50-37(47)40-21-23-7-9-25(10-8-23)42-34(44)28-19-29-31(49-17-13-24-14-18-51-33(24)29)20-27(28)26-11-12-30(43-32(26)36(46)48-5)35(45)41-22-39(4)15-6-16-39/h7-12,14,18-20H,6,13,15-17,21-22H2,1-5H3,(H,40,47)(H,41,45)(H,42,44). The van der Waals surface area contributed by atoms with Gasteiger partial charge in [0, 0.05) is 52.3 Å². The zero-order valence-corrected chi connectivity index (χ0v) is 30.3. The first-order chi connectivity index (χ1) is 24.3. The molecule has 0 atom stereocenters. The van der Waals surface area contributed by atoms with Crippen LogP contribution in [0, 0.1) is 5.41 Å². The number of pyridine rings is 1. The maximum Gasteiger partial charge on any atom is 0.407 e. The van der Waals surface area contributed by atoms with Gasteiger partial charge in [0.1, 0.15) is 17.0 Å². The third-order valence-corrected chi connectivity index (χ3v) is 10.1. The van der Waals surface area contributed by atoms with Crippen LogP contribution in [-0.4, -0.2) is 54.7 Å². The van der Waals surface area contributed by atoms with Crippen LogP contribution >= 0.6 is 11.3 Å². The molecule has 3 heterocycles. The zero-order chi connectivity index (χ0) is 36.3. The quantitative estimate of drug-likeness (QED) is 0.153. The molecule has 1 saturated carbocycles. The highest BCUT2D eigenvalue weighted by molar-refractivity contribution is 7.13. The van der Waals surface area contributed by atoms with E-state index in [0.29, 0.717) is 42.1 Å². The number of hydrogen-bond acceptors (Lipinski definition) is 9. The predicted octanol–water partition coefficient (Wildman–Crippen LogP) is 7.40. The molecule has 0 unspecified atom stereocenters. The maximum absolute atomic E-state index is 14.2. The van der Waals surface area contributed by atoms with Gasteiger partial charge in [0.2, 0.25) is 0 Å². The van der Waals surface area contributed by atoms with Gasteiger partial charge in [-0.05, 0) is 98.0 Å². The van der Waals surface area contributed by atoms with Crippen molar-refractivity contribution in [1.29, 1.82) is 0 Å². The van der Waals surface area contributed by atoms with Gasteiger partial charge in [-0.2, -0.15) is 0 Å². The molecule has 266 valence electrons. The molecule has 1 aliphatic carbocycles. The van der Waals surface area contributed by atoms with E-state index >= 15 is 0 Å². The predicted molar refractivity (Wildman–Crippen MR) is 195 cm³/mol. The molecular weight excluding hydrogens is 669 g/mol. The Hall–Kier alpha value is -5.23. The van der Waals surface area contributed by atoms with E-state index in [1.54, 1.807) is 80.6 Å². The number of carbonyl (C=O) groups is 4. The summed E-state index contributed by atoms with van der Waals surface area (Å²) in [4.78, 5) is 58.1. The molecule has 0 bridgehead atoms. The second-order valence-electron chi connectivity index (χ2n) is 14.2. The summed E-state index contributed by atoms with van der Waals surface area (Å²) in [6.07, 6.45) is 3.41. The van der Waals surface area contributed by atoms with Crippen LogP contribution in [0.1, 0.15) is 89.4 Å². The molecule has 2 aromatic carbocycles. The fourth-order valence-corrected chi connectivity index (χ4v) is 7.09. The van der Waals surface area contributed by atoms with Crippen molar-refractivity contribution >= 4 is 40.9 Å². The Morgan fingerprint density at radius 2 is 1.71 bits per heavy atom. The maximum atomic E-state index is 14.2. The molecule has 6 rings (SSSR count).